The van der Waals surface area contributed by atoms with E-state index >= 15 is 0 Å². The summed E-state index contributed by atoms with van der Waals surface area (Å²) in [5.41, 5.74) is 1.43. The van der Waals surface area contributed by atoms with Crippen molar-refractivity contribution in [2.45, 2.75) is 47.0 Å². The van der Waals surface area contributed by atoms with Gasteiger partial charge in [-0.25, -0.2) is 0 Å². The second kappa shape index (κ2) is 5.40. The molecule has 0 heterocycles. The van der Waals surface area contributed by atoms with Crippen LogP contribution in [0.15, 0.2) is 12.2 Å². The first kappa shape index (κ1) is 10.7. The smallest absolute Gasteiger partial charge is 0.0206 e. The highest BCUT2D eigenvalue weighted by molar-refractivity contribution is 4.99. The van der Waals surface area contributed by atoms with E-state index in [1.165, 1.54) is 18.4 Å². The van der Waals surface area contributed by atoms with Crippen molar-refractivity contribution in [1.29, 1.82) is 0 Å². The minimum Gasteiger partial charge on any atom is -0.0996 e. The molecule has 66 valence electrons. The molecule has 11 heavy (non-hydrogen) atoms. The van der Waals surface area contributed by atoms with Crippen LogP contribution in [0.5, 0.6) is 0 Å². The lowest BCUT2D eigenvalue weighted by atomic mass is 9.88. The van der Waals surface area contributed by atoms with Crippen LogP contribution in [-0.2, 0) is 0 Å². The molecule has 0 saturated heterocycles. The summed E-state index contributed by atoms with van der Waals surface area (Å²) in [6.07, 6.45) is 3.71. The zero-order chi connectivity index (χ0) is 8.85. The Hall–Kier alpha value is -0.260. The summed E-state index contributed by atoms with van der Waals surface area (Å²) in [6.45, 7) is 13.1. The van der Waals surface area contributed by atoms with Crippen molar-refractivity contribution in [3.05, 3.63) is 12.2 Å². The Morgan fingerprint density at radius 2 is 1.82 bits per heavy atom. The largest absolute Gasteiger partial charge is 0.0996 e. The molecule has 0 unspecified atom stereocenters. The molecule has 0 aliphatic carbocycles. The Kier molecular flexibility index (Phi) is 5.27. The molecule has 0 rings (SSSR count). The lowest BCUT2D eigenvalue weighted by Crippen LogP contribution is -2.05. The minimum absolute atomic E-state index is 0.764. The normalized spacial score (nSPS) is 13.5. The van der Waals surface area contributed by atoms with Crippen LogP contribution in [0.1, 0.15) is 47.0 Å². The maximum atomic E-state index is 4.10. The van der Waals surface area contributed by atoms with E-state index in [1.807, 2.05) is 0 Å². The number of hydrogen-bond donors (Lipinski definition) is 0. The Bertz CT molecular complexity index is 111. The van der Waals surface area contributed by atoms with Gasteiger partial charge in [-0.1, -0.05) is 39.8 Å². The van der Waals surface area contributed by atoms with Crippen molar-refractivity contribution in [3.63, 3.8) is 0 Å². The lowest BCUT2D eigenvalue weighted by molar-refractivity contribution is 0.441. The van der Waals surface area contributed by atoms with Crippen molar-refractivity contribution in [2.75, 3.05) is 0 Å². The molecule has 0 nitrogen and oxygen atoms in total. The molecule has 0 aromatic rings. The molecular formula is C11H22. The third kappa shape index (κ3) is 4.23. The van der Waals surface area contributed by atoms with E-state index in [9.17, 15) is 0 Å². The molecule has 0 bridgehead atoms. The van der Waals surface area contributed by atoms with Gasteiger partial charge in [0.15, 0.2) is 0 Å². The van der Waals surface area contributed by atoms with Gasteiger partial charge in [-0.2, -0.15) is 0 Å². The summed E-state index contributed by atoms with van der Waals surface area (Å²) in [7, 11) is 0. The quantitative estimate of drug-likeness (QED) is 0.524. The summed E-state index contributed by atoms with van der Waals surface area (Å²) in [5, 5.41) is 0. The van der Waals surface area contributed by atoms with E-state index in [0.717, 1.165) is 18.3 Å². The number of hydrogen-bond acceptors (Lipinski definition) is 0. The van der Waals surface area contributed by atoms with E-state index in [4.69, 9.17) is 0 Å². The second-order valence-corrected chi connectivity index (χ2v) is 3.75. The van der Waals surface area contributed by atoms with Gasteiger partial charge in [0.1, 0.15) is 0 Å². The first-order chi connectivity index (χ1) is 5.11. The summed E-state index contributed by atoms with van der Waals surface area (Å²) in [6, 6.07) is 0. The van der Waals surface area contributed by atoms with Gasteiger partial charge in [0, 0.05) is 0 Å². The van der Waals surface area contributed by atoms with Crippen LogP contribution in [0.3, 0.4) is 0 Å². The van der Waals surface area contributed by atoms with E-state index in [-0.39, 0.29) is 0 Å². The molecule has 1 atom stereocenters. The fraction of sp³-hybridized carbons (Fsp3) is 0.818. The van der Waals surface area contributed by atoms with Gasteiger partial charge < -0.3 is 0 Å². The molecule has 0 radical (unpaired) electrons. The molecule has 0 N–H and O–H groups in total. The van der Waals surface area contributed by atoms with Crippen LogP contribution in [0.25, 0.3) is 0 Å². The third-order valence-electron chi connectivity index (χ3n) is 2.28. The number of rotatable bonds is 5. The van der Waals surface area contributed by atoms with Gasteiger partial charge in [-0.05, 0) is 31.1 Å². The van der Waals surface area contributed by atoms with E-state index in [2.05, 4.69) is 34.3 Å². The fourth-order valence-electron chi connectivity index (χ4n) is 1.48. The van der Waals surface area contributed by atoms with E-state index in [1.54, 1.807) is 0 Å². The maximum absolute atomic E-state index is 4.10. The highest BCUT2D eigenvalue weighted by Gasteiger charge is 2.10. The fourth-order valence-corrected chi connectivity index (χ4v) is 1.48. The molecule has 0 spiro atoms. The predicted octanol–water partition coefficient (Wildman–Crippen LogP) is 4.02. The van der Waals surface area contributed by atoms with Gasteiger partial charge >= 0.3 is 0 Å². The van der Waals surface area contributed by atoms with Gasteiger partial charge in [0.2, 0.25) is 0 Å². The SMILES string of the molecule is C=C(CC)[C@H](CC)CC(C)C. The molecule has 0 fully saturated rings. The van der Waals surface area contributed by atoms with Gasteiger partial charge in [-0.15, -0.1) is 0 Å². The minimum atomic E-state index is 0.764. The average molecular weight is 154 g/mol. The van der Waals surface area contributed by atoms with Gasteiger partial charge in [0.25, 0.3) is 0 Å². The predicted molar refractivity (Wildman–Crippen MR) is 52.7 cm³/mol. The lowest BCUT2D eigenvalue weighted by Gasteiger charge is -2.18. The van der Waals surface area contributed by atoms with Crippen LogP contribution >= 0.6 is 0 Å². The van der Waals surface area contributed by atoms with Crippen molar-refractivity contribution < 1.29 is 0 Å². The second-order valence-electron chi connectivity index (χ2n) is 3.75. The summed E-state index contributed by atoms with van der Waals surface area (Å²) in [5.74, 6) is 1.57. The summed E-state index contributed by atoms with van der Waals surface area (Å²) < 4.78 is 0. The number of allylic oxidation sites excluding steroid dienone is 1. The Morgan fingerprint density at radius 1 is 1.27 bits per heavy atom. The Morgan fingerprint density at radius 3 is 2.09 bits per heavy atom. The van der Waals surface area contributed by atoms with Crippen molar-refractivity contribution in [2.24, 2.45) is 11.8 Å². The maximum Gasteiger partial charge on any atom is -0.0206 e. The van der Waals surface area contributed by atoms with Crippen LogP contribution in [0.4, 0.5) is 0 Å². The Labute approximate surface area is 71.7 Å². The average Bonchev–Trinajstić information content (AvgIpc) is 1.98. The summed E-state index contributed by atoms with van der Waals surface area (Å²) >= 11 is 0. The highest BCUT2D eigenvalue weighted by Crippen LogP contribution is 2.23. The van der Waals surface area contributed by atoms with Crippen LogP contribution in [0.2, 0.25) is 0 Å². The standard InChI is InChI=1S/C11H22/c1-6-10(5)11(7-2)8-9(3)4/h9,11H,5-8H2,1-4H3/t11-/m1/s1. The molecule has 0 aromatic heterocycles. The molecule has 0 saturated carbocycles. The molecule has 0 aliphatic heterocycles. The van der Waals surface area contributed by atoms with E-state index < -0.39 is 0 Å². The van der Waals surface area contributed by atoms with Gasteiger partial charge in [-0.3, -0.25) is 0 Å². The zero-order valence-corrected chi connectivity index (χ0v) is 8.48. The van der Waals surface area contributed by atoms with E-state index in [0.29, 0.717) is 0 Å². The van der Waals surface area contributed by atoms with Crippen LogP contribution < -0.4 is 0 Å². The van der Waals surface area contributed by atoms with Crippen LogP contribution in [0, 0.1) is 11.8 Å². The van der Waals surface area contributed by atoms with Crippen molar-refractivity contribution in [3.8, 4) is 0 Å². The highest BCUT2D eigenvalue weighted by atomic mass is 14.2. The third-order valence-corrected chi connectivity index (χ3v) is 2.28. The first-order valence-electron chi connectivity index (χ1n) is 4.79. The molecule has 0 heteroatoms. The Balaban J connectivity index is 3.84. The van der Waals surface area contributed by atoms with Crippen LogP contribution in [-0.4, -0.2) is 0 Å². The van der Waals surface area contributed by atoms with Crippen molar-refractivity contribution >= 4 is 0 Å². The van der Waals surface area contributed by atoms with Crippen molar-refractivity contribution in [1.82, 2.24) is 0 Å². The molecule has 0 aromatic carbocycles. The summed E-state index contributed by atoms with van der Waals surface area (Å²) in [4.78, 5) is 0. The van der Waals surface area contributed by atoms with Gasteiger partial charge in [0.05, 0.1) is 0 Å². The molecular weight excluding hydrogens is 132 g/mol. The topological polar surface area (TPSA) is 0 Å². The monoisotopic (exact) mass is 154 g/mol. The molecule has 0 amide bonds. The molecule has 0 aliphatic rings. The first-order valence-corrected chi connectivity index (χ1v) is 4.79. The zero-order valence-electron chi connectivity index (χ0n) is 8.48.